The molecule has 1 aliphatic rings. The number of carbonyl (C=O) groups excluding carboxylic acids is 2. The summed E-state index contributed by atoms with van der Waals surface area (Å²) in [6, 6.07) is 15.8. The van der Waals surface area contributed by atoms with Gasteiger partial charge in [-0.05, 0) is 50.2 Å². The Balaban J connectivity index is 1.61. The van der Waals surface area contributed by atoms with Crippen molar-refractivity contribution in [2.45, 2.75) is 13.8 Å². The van der Waals surface area contributed by atoms with Crippen molar-refractivity contribution in [3.63, 3.8) is 0 Å². The van der Waals surface area contributed by atoms with Gasteiger partial charge in [0, 0.05) is 43.1 Å². The molecule has 3 amide bonds. The summed E-state index contributed by atoms with van der Waals surface area (Å²) in [6.45, 7) is 6.84. The van der Waals surface area contributed by atoms with Gasteiger partial charge in [0.25, 0.3) is 5.91 Å². The second-order valence-corrected chi connectivity index (χ2v) is 8.17. The first-order chi connectivity index (χ1) is 17.5. The molecular formula is C26H30N6O4. The molecule has 188 valence electrons. The number of nitrogens with one attached hydrogen (secondary N) is 2. The summed E-state index contributed by atoms with van der Waals surface area (Å²) in [6.07, 6.45) is 0. The first kappa shape index (κ1) is 24.9. The van der Waals surface area contributed by atoms with Gasteiger partial charge in [-0.15, -0.1) is 0 Å². The van der Waals surface area contributed by atoms with Gasteiger partial charge >= 0.3 is 6.03 Å². The van der Waals surface area contributed by atoms with Gasteiger partial charge in [0.1, 0.15) is 0 Å². The van der Waals surface area contributed by atoms with Crippen LogP contribution in [0.3, 0.4) is 0 Å². The van der Waals surface area contributed by atoms with E-state index in [0.29, 0.717) is 68.0 Å². The molecule has 0 radical (unpaired) electrons. The van der Waals surface area contributed by atoms with E-state index in [1.165, 1.54) is 0 Å². The second kappa shape index (κ2) is 11.5. The van der Waals surface area contributed by atoms with Crippen molar-refractivity contribution in [3.8, 4) is 17.1 Å². The molecule has 0 atom stereocenters. The van der Waals surface area contributed by atoms with Gasteiger partial charge in [-0.3, -0.25) is 4.79 Å². The van der Waals surface area contributed by atoms with Crippen LogP contribution in [0.1, 0.15) is 24.3 Å². The van der Waals surface area contributed by atoms with Crippen LogP contribution in [0.5, 0.6) is 5.75 Å². The van der Waals surface area contributed by atoms with E-state index in [9.17, 15) is 14.7 Å². The number of amides is 3. The fourth-order valence-corrected chi connectivity index (χ4v) is 3.90. The number of rotatable bonds is 7. The maximum Gasteiger partial charge on any atom is 0.323 e. The lowest BCUT2D eigenvalue weighted by Gasteiger charge is -2.29. The third-order valence-electron chi connectivity index (χ3n) is 5.86. The van der Waals surface area contributed by atoms with Gasteiger partial charge in [0.15, 0.2) is 23.1 Å². The second-order valence-electron chi connectivity index (χ2n) is 8.17. The van der Waals surface area contributed by atoms with Crippen LogP contribution < -0.4 is 15.5 Å². The van der Waals surface area contributed by atoms with Crippen LogP contribution in [-0.4, -0.2) is 71.3 Å². The molecule has 0 unspecified atom stereocenters. The number of anilines is 3. The van der Waals surface area contributed by atoms with Crippen molar-refractivity contribution in [2.24, 2.45) is 0 Å². The predicted molar refractivity (Wildman–Crippen MR) is 138 cm³/mol. The summed E-state index contributed by atoms with van der Waals surface area (Å²) >= 11 is 0. The third-order valence-corrected chi connectivity index (χ3v) is 5.86. The summed E-state index contributed by atoms with van der Waals surface area (Å²) in [5, 5.41) is 16.5. The average molecular weight is 491 g/mol. The van der Waals surface area contributed by atoms with E-state index in [0.717, 1.165) is 0 Å². The normalized spacial score (nSPS) is 13.2. The Hall–Kier alpha value is -4.18. The maximum absolute atomic E-state index is 13.1. The lowest BCUT2D eigenvalue weighted by molar-refractivity contribution is 0.0763. The van der Waals surface area contributed by atoms with Crippen LogP contribution in [0.25, 0.3) is 11.4 Å². The Labute approximate surface area is 209 Å². The highest BCUT2D eigenvalue weighted by atomic mass is 16.5. The number of morpholine rings is 1. The zero-order valence-corrected chi connectivity index (χ0v) is 20.4. The lowest BCUT2D eigenvalue weighted by atomic mass is 10.1. The van der Waals surface area contributed by atoms with E-state index in [2.05, 4.69) is 20.6 Å². The van der Waals surface area contributed by atoms with Gasteiger partial charge in [-0.2, -0.15) is 0 Å². The fraction of sp³-hybridized carbons (Fsp3) is 0.308. The molecule has 3 N–H and O–H groups in total. The van der Waals surface area contributed by atoms with Crippen LogP contribution in [-0.2, 0) is 4.74 Å². The number of para-hydroxylation sites is 1. The molecule has 10 heteroatoms. The summed E-state index contributed by atoms with van der Waals surface area (Å²) in [5.74, 6) is 0.0354. The molecule has 4 rings (SSSR count). The highest BCUT2D eigenvalue weighted by molar-refractivity contribution is 6.00. The molecule has 3 aromatic rings. The molecule has 0 aliphatic carbocycles. The summed E-state index contributed by atoms with van der Waals surface area (Å²) in [4.78, 5) is 38.0. The molecule has 2 heterocycles. The first-order valence-electron chi connectivity index (χ1n) is 12.0. The summed E-state index contributed by atoms with van der Waals surface area (Å²) < 4.78 is 5.43. The fourth-order valence-electron chi connectivity index (χ4n) is 3.90. The molecule has 2 aromatic carbocycles. The average Bonchev–Trinajstić information content (AvgIpc) is 2.91. The highest BCUT2D eigenvalue weighted by Crippen LogP contribution is 2.32. The van der Waals surface area contributed by atoms with Gasteiger partial charge in [-0.1, -0.05) is 18.2 Å². The summed E-state index contributed by atoms with van der Waals surface area (Å²) in [7, 11) is 0. The minimum Gasteiger partial charge on any atom is -0.503 e. The van der Waals surface area contributed by atoms with E-state index in [4.69, 9.17) is 4.74 Å². The van der Waals surface area contributed by atoms with Crippen molar-refractivity contribution in [3.05, 3.63) is 60.3 Å². The van der Waals surface area contributed by atoms with E-state index in [-0.39, 0.29) is 23.4 Å². The Morgan fingerprint density at radius 1 is 0.944 bits per heavy atom. The van der Waals surface area contributed by atoms with Crippen LogP contribution >= 0.6 is 0 Å². The molecule has 36 heavy (non-hydrogen) atoms. The van der Waals surface area contributed by atoms with E-state index in [1.54, 1.807) is 41.3 Å². The predicted octanol–water partition coefficient (Wildman–Crippen LogP) is 3.81. The quantitative estimate of drug-likeness (QED) is 0.461. The molecule has 0 spiro atoms. The van der Waals surface area contributed by atoms with Crippen molar-refractivity contribution < 1.29 is 19.4 Å². The highest BCUT2D eigenvalue weighted by Gasteiger charge is 2.27. The topological polar surface area (TPSA) is 120 Å². The number of carbonyl (C=O) groups is 2. The minimum atomic E-state index is -0.364. The van der Waals surface area contributed by atoms with Crippen molar-refractivity contribution in [1.29, 1.82) is 0 Å². The molecule has 10 nitrogen and oxygen atoms in total. The number of urea groups is 1. The molecule has 1 fully saturated rings. The largest absolute Gasteiger partial charge is 0.503 e. The zero-order valence-electron chi connectivity index (χ0n) is 20.4. The Morgan fingerprint density at radius 2 is 1.56 bits per heavy atom. The zero-order chi connectivity index (χ0) is 25.5. The monoisotopic (exact) mass is 490 g/mol. The van der Waals surface area contributed by atoms with E-state index >= 15 is 0 Å². The van der Waals surface area contributed by atoms with Gasteiger partial charge < -0.3 is 30.3 Å². The van der Waals surface area contributed by atoms with Gasteiger partial charge in [0.2, 0.25) is 0 Å². The molecule has 1 aromatic heterocycles. The van der Waals surface area contributed by atoms with E-state index in [1.807, 2.05) is 36.9 Å². The number of hydrogen-bond donors (Lipinski definition) is 3. The molecule has 0 saturated carbocycles. The van der Waals surface area contributed by atoms with E-state index < -0.39 is 0 Å². The third kappa shape index (κ3) is 5.72. The van der Waals surface area contributed by atoms with Crippen molar-refractivity contribution >= 4 is 29.1 Å². The van der Waals surface area contributed by atoms with Gasteiger partial charge in [0.05, 0.1) is 13.2 Å². The number of aromatic hydroxyl groups is 1. The Morgan fingerprint density at radius 3 is 2.17 bits per heavy atom. The standard InChI is InChI=1S/C26H30N6O4/c1-3-31(4-2)25(34)21-22(33)24(32-14-16-36-17-15-32)30-23(29-21)18-10-12-20(13-11-18)28-26(35)27-19-8-6-5-7-9-19/h5-13,33H,3-4,14-17H2,1-2H3,(H2,27,28,35). The van der Waals surface area contributed by atoms with Crippen LogP contribution in [0.4, 0.5) is 22.0 Å². The maximum atomic E-state index is 13.1. The number of ether oxygens (including phenoxy) is 1. The number of hydrogen-bond acceptors (Lipinski definition) is 7. The Kier molecular flexibility index (Phi) is 7.96. The van der Waals surface area contributed by atoms with Crippen LogP contribution in [0, 0.1) is 0 Å². The van der Waals surface area contributed by atoms with Gasteiger partial charge in [-0.25, -0.2) is 14.8 Å². The molecular weight excluding hydrogens is 460 g/mol. The van der Waals surface area contributed by atoms with Crippen LogP contribution in [0.15, 0.2) is 54.6 Å². The van der Waals surface area contributed by atoms with Crippen molar-refractivity contribution in [2.75, 3.05) is 54.9 Å². The first-order valence-corrected chi connectivity index (χ1v) is 12.0. The summed E-state index contributed by atoms with van der Waals surface area (Å²) in [5.41, 5.74) is 1.88. The number of nitrogens with zero attached hydrogens (tertiary/aromatic N) is 4. The molecule has 1 saturated heterocycles. The number of aromatic nitrogens is 2. The lowest BCUT2D eigenvalue weighted by Crippen LogP contribution is -2.37. The minimum absolute atomic E-state index is 0.0327. The molecule has 0 bridgehead atoms. The Bertz CT molecular complexity index is 1190. The molecule has 1 aliphatic heterocycles. The SMILES string of the molecule is CCN(CC)C(=O)c1nc(-c2ccc(NC(=O)Nc3ccccc3)cc2)nc(N2CCOCC2)c1O. The van der Waals surface area contributed by atoms with Crippen LogP contribution in [0.2, 0.25) is 0 Å². The smallest absolute Gasteiger partial charge is 0.323 e. The number of benzene rings is 2. The van der Waals surface area contributed by atoms with Crippen molar-refractivity contribution in [1.82, 2.24) is 14.9 Å².